The number of piperidine rings is 1. The van der Waals surface area contributed by atoms with E-state index in [2.05, 4.69) is 10.3 Å². The van der Waals surface area contributed by atoms with Gasteiger partial charge in [-0.2, -0.15) is 13.2 Å². The van der Waals surface area contributed by atoms with Crippen molar-refractivity contribution < 1.29 is 18.0 Å². The second kappa shape index (κ2) is 9.56. The van der Waals surface area contributed by atoms with Crippen LogP contribution in [0.5, 0.6) is 0 Å². The number of aromatic nitrogens is 1. The standard InChI is InChI=1S/C8H15NO.C7H6F3N.CH4/c1-2-8(10)7-5-3-4-6-9-7;1-5-4-6(2-3-11-5)7(8,9)10;/h7,9H,2-6H2,1H3;2-4H,1H3;1H4. The Labute approximate surface area is 130 Å². The van der Waals surface area contributed by atoms with Gasteiger partial charge >= 0.3 is 6.18 Å². The van der Waals surface area contributed by atoms with Crippen LogP contribution in [0.4, 0.5) is 13.2 Å². The molecule has 2 rings (SSSR count). The first-order valence-electron chi connectivity index (χ1n) is 7.10. The molecule has 126 valence electrons. The Bertz CT molecular complexity index is 455. The number of hydrogen-bond acceptors (Lipinski definition) is 3. The zero-order chi connectivity index (χ0) is 15.9. The molecule has 0 saturated carbocycles. The lowest BCUT2D eigenvalue weighted by atomic mass is 10.00. The van der Waals surface area contributed by atoms with Gasteiger partial charge in [-0.15, -0.1) is 0 Å². The number of ketones is 1. The predicted octanol–water partition coefficient (Wildman–Crippen LogP) is 4.15. The number of aryl methyl sites for hydroxylation is 1. The molecule has 1 aromatic rings. The van der Waals surface area contributed by atoms with Crippen molar-refractivity contribution in [3.63, 3.8) is 0 Å². The van der Waals surface area contributed by atoms with Gasteiger partial charge in [0.1, 0.15) is 5.78 Å². The van der Waals surface area contributed by atoms with E-state index in [0.29, 0.717) is 17.9 Å². The van der Waals surface area contributed by atoms with E-state index in [9.17, 15) is 18.0 Å². The van der Waals surface area contributed by atoms with Crippen molar-refractivity contribution in [3.05, 3.63) is 29.6 Å². The molecule has 0 radical (unpaired) electrons. The summed E-state index contributed by atoms with van der Waals surface area (Å²) in [7, 11) is 0. The topological polar surface area (TPSA) is 42.0 Å². The first kappa shape index (κ1) is 20.6. The van der Waals surface area contributed by atoms with Crippen molar-refractivity contribution in [1.82, 2.24) is 10.3 Å². The Hall–Kier alpha value is -1.43. The first-order chi connectivity index (χ1) is 9.84. The van der Waals surface area contributed by atoms with Crippen LogP contribution >= 0.6 is 0 Å². The van der Waals surface area contributed by atoms with Crippen molar-refractivity contribution in [2.75, 3.05) is 6.54 Å². The van der Waals surface area contributed by atoms with Gasteiger partial charge in [0.25, 0.3) is 0 Å². The van der Waals surface area contributed by atoms with E-state index in [1.54, 1.807) is 0 Å². The van der Waals surface area contributed by atoms with Crippen molar-refractivity contribution in [2.45, 2.75) is 59.2 Å². The van der Waals surface area contributed by atoms with Gasteiger partial charge in [-0.05, 0) is 38.4 Å². The normalized spacial score (nSPS) is 17.8. The molecule has 1 aromatic heterocycles. The van der Waals surface area contributed by atoms with Crippen molar-refractivity contribution in [1.29, 1.82) is 0 Å². The van der Waals surface area contributed by atoms with Crippen LogP contribution in [0, 0.1) is 6.92 Å². The molecule has 22 heavy (non-hydrogen) atoms. The number of halogens is 3. The second-order valence-electron chi connectivity index (χ2n) is 5.01. The third-order valence-electron chi connectivity index (χ3n) is 3.27. The first-order valence-corrected chi connectivity index (χ1v) is 7.10. The maximum Gasteiger partial charge on any atom is 0.416 e. The highest BCUT2D eigenvalue weighted by Crippen LogP contribution is 2.28. The van der Waals surface area contributed by atoms with Crippen LogP contribution in [-0.2, 0) is 11.0 Å². The molecule has 1 N–H and O–H groups in total. The van der Waals surface area contributed by atoms with E-state index >= 15 is 0 Å². The molecule has 1 saturated heterocycles. The number of carbonyl (C=O) groups excluding carboxylic acids is 1. The van der Waals surface area contributed by atoms with E-state index < -0.39 is 11.7 Å². The molecular formula is C16H25F3N2O. The van der Waals surface area contributed by atoms with Crippen molar-refractivity contribution >= 4 is 5.78 Å². The van der Waals surface area contributed by atoms with Crippen LogP contribution in [0.15, 0.2) is 18.3 Å². The quantitative estimate of drug-likeness (QED) is 0.890. The van der Waals surface area contributed by atoms with E-state index in [-0.39, 0.29) is 13.5 Å². The Morgan fingerprint density at radius 2 is 2.09 bits per heavy atom. The molecule has 0 bridgehead atoms. The molecule has 0 spiro atoms. The zero-order valence-electron chi connectivity index (χ0n) is 12.3. The van der Waals surface area contributed by atoms with Crippen LogP contribution < -0.4 is 5.32 Å². The number of carbonyl (C=O) groups is 1. The summed E-state index contributed by atoms with van der Waals surface area (Å²) in [5, 5.41) is 3.22. The number of nitrogens with one attached hydrogen (secondary N) is 1. The van der Waals surface area contributed by atoms with E-state index in [1.165, 1.54) is 19.8 Å². The molecule has 1 unspecified atom stereocenters. The number of alkyl halides is 3. The summed E-state index contributed by atoms with van der Waals surface area (Å²) in [6, 6.07) is 2.14. The van der Waals surface area contributed by atoms with Gasteiger partial charge < -0.3 is 5.32 Å². The SMILES string of the molecule is C.CCC(=O)C1CCCCN1.Cc1cc(C(F)(F)F)ccn1. The molecule has 6 heteroatoms. The van der Waals surface area contributed by atoms with Crippen LogP contribution in [-0.4, -0.2) is 23.4 Å². The van der Waals surface area contributed by atoms with Crippen LogP contribution in [0.2, 0.25) is 0 Å². The molecule has 1 aliphatic rings. The summed E-state index contributed by atoms with van der Waals surface area (Å²) in [6.07, 6.45) is 1.06. The maximum atomic E-state index is 11.9. The molecule has 1 fully saturated rings. The zero-order valence-corrected chi connectivity index (χ0v) is 12.3. The maximum absolute atomic E-state index is 11.9. The Morgan fingerprint density at radius 1 is 1.41 bits per heavy atom. The van der Waals surface area contributed by atoms with Gasteiger partial charge in [0.2, 0.25) is 0 Å². The fraction of sp³-hybridized carbons (Fsp3) is 0.625. The number of Topliss-reactive ketones (excluding diaryl/α,β-unsaturated/α-hetero) is 1. The van der Waals surface area contributed by atoms with E-state index in [0.717, 1.165) is 31.3 Å². The highest BCUT2D eigenvalue weighted by Gasteiger charge is 2.30. The number of rotatable bonds is 2. The predicted molar refractivity (Wildman–Crippen MR) is 81.6 cm³/mol. The molecule has 2 heterocycles. The summed E-state index contributed by atoms with van der Waals surface area (Å²) in [4.78, 5) is 14.8. The van der Waals surface area contributed by atoms with Gasteiger partial charge in [0.15, 0.2) is 0 Å². The highest BCUT2D eigenvalue weighted by molar-refractivity contribution is 5.83. The fourth-order valence-electron chi connectivity index (χ4n) is 2.09. The van der Waals surface area contributed by atoms with Crippen LogP contribution in [0.25, 0.3) is 0 Å². The summed E-state index contributed by atoms with van der Waals surface area (Å²) >= 11 is 0. The van der Waals surface area contributed by atoms with Gasteiger partial charge in [0.05, 0.1) is 11.6 Å². The lowest BCUT2D eigenvalue weighted by molar-refractivity contribution is -0.137. The summed E-state index contributed by atoms with van der Waals surface area (Å²) in [5.41, 5.74) is -0.273. The average Bonchev–Trinajstić information content (AvgIpc) is 2.47. The molecular weight excluding hydrogens is 293 g/mol. The third-order valence-corrected chi connectivity index (χ3v) is 3.27. The molecule has 3 nitrogen and oxygen atoms in total. The lowest BCUT2D eigenvalue weighted by Crippen LogP contribution is -2.39. The van der Waals surface area contributed by atoms with Gasteiger partial charge in [-0.25, -0.2) is 0 Å². The minimum atomic E-state index is -4.26. The monoisotopic (exact) mass is 318 g/mol. The van der Waals surface area contributed by atoms with Gasteiger partial charge in [-0.3, -0.25) is 9.78 Å². The number of hydrogen-bond donors (Lipinski definition) is 1. The molecule has 0 aromatic carbocycles. The third kappa shape index (κ3) is 7.02. The lowest BCUT2D eigenvalue weighted by Gasteiger charge is -2.21. The molecule has 0 aliphatic carbocycles. The summed E-state index contributed by atoms with van der Waals surface area (Å²) in [6.45, 7) is 4.48. The van der Waals surface area contributed by atoms with E-state index in [1.807, 2.05) is 6.92 Å². The van der Waals surface area contributed by atoms with Gasteiger partial charge in [-0.1, -0.05) is 20.8 Å². The molecule has 1 atom stereocenters. The van der Waals surface area contributed by atoms with Gasteiger partial charge in [0, 0.05) is 18.3 Å². The van der Waals surface area contributed by atoms with Crippen LogP contribution in [0.3, 0.4) is 0 Å². The van der Waals surface area contributed by atoms with Crippen molar-refractivity contribution in [3.8, 4) is 0 Å². The Kier molecular flexibility index (Phi) is 8.94. The summed E-state index contributed by atoms with van der Waals surface area (Å²) < 4.78 is 35.8. The minimum absolute atomic E-state index is 0. The fourth-order valence-corrected chi connectivity index (χ4v) is 2.09. The van der Waals surface area contributed by atoms with E-state index in [4.69, 9.17) is 0 Å². The highest BCUT2D eigenvalue weighted by atomic mass is 19.4. The average molecular weight is 318 g/mol. The Morgan fingerprint density at radius 3 is 2.50 bits per heavy atom. The number of nitrogens with zero attached hydrogens (tertiary/aromatic N) is 1. The second-order valence-corrected chi connectivity index (χ2v) is 5.01. The smallest absolute Gasteiger partial charge is 0.307 e. The minimum Gasteiger partial charge on any atom is -0.307 e. The van der Waals surface area contributed by atoms with Crippen molar-refractivity contribution in [2.24, 2.45) is 0 Å². The summed E-state index contributed by atoms with van der Waals surface area (Å²) in [5.74, 6) is 0.375. The Balaban J connectivity index is 0.000000385. The molecule has 1 aliphatic heterocycles. The number of pyridine rings is 1. The molecule has 0 amide bonds. The van der Waals surface area contributed by atoms with Crippen LogP contribution in [0.1, 0.15) is 51.3 Å². The largest absolute Gasteiger partial charge is 0.416 e.